The lowest BCUT2D eigenvalue weighted by atomic mass is 10.1. The number of aliphatic carboxylic acids is 1. The van der Waals surface area contributed by atoms with Crippen molar-refractivity contribution < 1.29 is 19.5 Å². The normalized spacial score (nSPS) is 10.6. The zero-order valence-corrected chi connectivity index (χ0v) is 13.9. The molecule has 0 rings (SSSR count). The van der Waals surface area contributed by atoms with E-state index in [9.17, 15) is 9.59 Å². The maximum atomic E-state index is 11.4. The van der Waals surface area contributed by atoms with Crippen LogP contribution in [-0.4, -0.2) is 41.7 Å². The lowest BCUT2D eigenvalue weighted by Gasteiger charge is -2.19. The number of carbonyl (C=O) groups excluding carboxylic acids is 1. The van der Waals surface area contributed by atoms with Crippen molar-refractivity contribution in [2.75, 3.05) is 19.7 Å². The minimum absolute atomic E-state index is 0.245. The summed E-state index contributed by atoms with van der Waals surface area (Å²) in [4.78, 5) is 27.2. The zero-order valence-electron chi connectivity index (χ0n) is 13.9. The lowest BCUT2D eigenvalue weighted by molar-refractivity contribution is -0.191. The molecule has 6 nitrogen and oxygen atoms in total. The van der Waals surface area contributed by atoms with Crippen LogP contribution in [0.4, 0.5) is 0 Å². The van der Waals surface area contributed by atoms with Crippen LogP contribution in [0.15, 0.2) is 0 Å². The van der Waals surface area contributed by atoms with Crippen molar-refractivity contribution in [1.82, 2.24) is 5.06 Å². The number of carboxylic acids is 1. The minimum Gasteiger partial charge on any atom is -0.480 e. The summed E-state index contributed by atoms with van der Waals surface area (Å²) in [6, 6.07) is 0. The summed E-state index contributed by atoms with van der Waals surface area (Å²) in [5.74, 6) is -1.61. The third-order valence-electron chi connectivity index (χ3n) is 3.48. The van der Waals surface area contributed by atoms with Gasteiger partial charge in [-0.15, -0.1) is 0 Å². The van der Waals surface area contributed by atoms with Gasteiger partial charge in [-0.05, 0) is 6.42 Å². The number of rotatable bonds is 15. The molecule has 0 bridgehead atoms. The number of carbonyl (C=O) groups is 2. The van der Waals surface area contributed by atoms with Gasteiger partial charge >= 0.3 is 5.97 Å². The average Bonchev–Trinajstić information content (AvgIpc) is 2.50. The Balaban J connectivity index is 3.49. The van der Waals surface area contributed by atoms with Gasteiger partial charge in [0.25, 0.3) is 5.91 Å². The number of hydrogen-bond acceptors (Lipinski definition) is 4. The predicted octanol–water partition coefficient (Wildman–Crippen LogP) is 2.71. The number of unbranched alkanes of at least 4 members (excludes halogenated alkanes) is 9. The molecule has 130 valence electrons. The van der Waals surface area contributed by atoms with E-state index in [-0.39, 0.29) is 6.54 Å². The van der Waals surface area contributed by atoms with E-state index in [2.05, 4.69) is 6.92 Å². The van der Waals surface area contributed by atoms with Crippen molar-refractivity contribution in [3.05, 3.63) is 0 Å². The molecule has 0 saturated heterocycles. The third kappa shape index (κ3) is 12.6. The Morgan fingerprint density at radius 3 is 1.91 bits per heavy atom. The van der Waals surface area contributed by atoms with Crippen molar-refractivity contribution in [2.45, 2.75) is 71.1 Å². The summed E-state index contributed by atoms with van der Waals surface area (Å²) in [5, 5.41) is 9.53. The van der Waals surface area contributed by atoms with Crippen LogP contribution in [0, 0.1) is 0 Å². The average molecular weight is 316 g/mol. The zero-order chi connectivity index (χ0) is 16.6. The minimum atomic E-state index is -1.11. The summed E-state index contributed by atoms with van der Waals surface area (Å²) >= 11 is 0. The molecule has 22 heavy (non-hydrogen) atoms. The quantitative estimate of drug-likeness (QED) is 0.358. The van der Waals surface area contributed by atoms with Gasteiger partial charge in [0.2, 0.25) is 0 Å². The van der Waals surface area contributed by atoms with Gasteiger partial charge in [0.05, 0.1) is 13.2 Å². The van der Waals surface area contributed by atoms with Crippen molar-refractivity contribution >= 4 is 11.9 Å². The molecule has 6 heteroatoms. The van der Waals surface area contributed by atoms with Crippen molar-refractivity contribution in [1.29, 1.82) is 0 Å². The smallest absolute Gasteiger partial charge is 0.325 e. The number of carboxylic acid groups (broad SMARTS) is 1. The van der Waals surface area contributed by atoms with Crippen molar-refractivity contribution in [3.63, 3.8) is 0 Å². The van der Waals surface area contributed by atoms with E-state index in [1.54, 1.807) is 0 Å². The molecule has 0 saturated carbocycles. The van der Waals surface area contributed by atoms with Gasteiger partial charge < -0.3 is 10.8 Å². The first-order valence-electron chi connectivity index (χ1n) is 8.47. The second-order valence-corrected chi connectivity index (χ2v) is 5.54. The van der Waals surface area contributed by atoms with Crippen molar-refractivity contribution in [3.8, 4) is 0 Å². The maximum Gasteiger partial charge on any atom is 0.325 e. The lowest BCUT2D eigenvalue weighted by Crippen LogP contribution is -2.39. The highest BCUT2D eigenvalue weighted by atomic mass is 16.7. The topological polar surface area (TPSA) is 92.9 Å². The standard InChI is InChI=1S/C16H32N2O4/c1-2-3-4-5-6-7-8-9-10-11-12-22-18(14-16(20)21)15(19)13-17/h2-14,17H2,1H3,(H,20,21). The summed E-state index contributed by atoms with van der Waals surface area (Å²) in [6.45, 7) is 1.87. The summed E-state index contributed by atoms with van der Waals surface area (Å²) in [5.41, 5.74) is 5.21. The maximum absolute atomic E-state index is 11.4. The second-order valence-electron chi connectivity index (χ2n) is 5.54. The van der Waals surface area contributed by atoms with Crippen LogP contribution in [0.25, 0.3) is 0 Å². The molecule has 0 aliphatic carbocycles. The van der Waals surface area contributed by atoms with Crippen LogP contribution in [0.1, 0.15) is 71.1 Å². The SMILES string of the molecule is CCCCCCCCCCCCON(CC(=O)O)C(=O)CN. The van der Waals surface area contributed by atoms with Crippen LogP contribution in [0.3, 0.4) is 0 Å². The van der Waals surface area contributed by atoms with Gasteiger partial charge in [-0.25, -0.2) is 5.06 Å². The molecular formula is C16H32N2O4. The number of hydrogen-bond donors (Lipinski definition) is 2. The molecule has 0 aliphatic rings. The van der Waals surface area contributed by atoms with Crippen LogP contribution in [0.5, 0.6) is 0 Å². The van der Waals surface area contributed by atoms with Gasteiger partial charge in [-0.3, -0.25) is 14.4 Å². The number of hydroxylamine groups is 2. The summed E-state index contributed by atoms with van der Waals surface area (Å²) < 4.78 is 0. The molecule has 1 amide bonds. The first-order chi connectivity index (χ1) is 10.6. The molecule has 0 aromatic rings. The second kappa shape index (κ2) is 14.8. The highest BCUT2D eigenvalue weighted by molar-refractivity contribution is 5.81. The molecule has 0 heterocycles. The molecule has 0 radical (unpaired) electrons. The Morgan fingerprint density at radius 1 is 0.955 bits per heavy atom. The summed E-state index contributed by atoms with van der Waals surface area (Å²) in [6.07, 6.45) is 12.1. The molecule has 0 unspecified atom stereocenters. The van der Waals surface area contributed by atoms with Gasteiger partial charge in [0.1, 0.15) is 6.54 Å². The molecule has 0 aromatic heterocycles. The van der Waals surface area contributed by atoms with Gasteiger partial charge in [-0.2, -0.15) is 0 Å². The molecule has 3 N–H and O–H groups in total. The fourth-order valence-corrected chi connectivity index (χ4v) is 2.19. The fraction of sp³-hybridized carbons (Fsp3) is 0.875. The van der Waals surface area contributed by atoms with E-state index < -0.39 is 18.4 Å². The Kier molecular flexibility index (Phi) is 14.0. The number of nitrogens with two attached hydrogens (primary N) is 1. The van der Waals surface area contributed by atoms with Gasteiger partial charge in [-0.1, -0.05) is 64.7 Å². The summed E-state index contributed by atoms with van der Waals surface area (Å²) in [7, 11) is 0. The van der Waals surface area contributed by atoms with Crippen LogP contribution >= 0.6 is 0 Å². The number of amides is 1. The molecule has 0 aromatic carbocycles. The van der Waals surface area contributed by atoms with E-state index in [1.807, 2.05) is 0 Å². The Bertz CT molecular complexity index is 298. The van der Waals surface area contributed by atoms with Crippen LogP contribution in [-0.2, 0) is 14.4 Å². The first kappa shape index (κ1) is 20.9. The fourth-order valence-electron chi connectivity index (χ4n) is 2.19. The molecule has 0 spiro atoms. The number of nitrogens with zero attached hydrogens (tertiary/aromatic N) is 1. The largest absolute Gasteiger partial charge is 0.480 e. The third-order valence-corrected chi connectivity index (χ3v) is 3.48. The van der Waals surface area contributed by atoms with E-state index in [1.165, 1.54) is 44.9 Å². The molecular weight excluding hydrogens is 284 g/mol. The Hall–Kier alpha value is -1.14. The monoisotopic (exact) mass is 316 g/mol. The van der Waals surface area contributed by atoms with E-state index in [4.69, 9.17) is 15.7 Å². The van der Waals surface area contributed by atoms with Crippen LogP contribution < -0.4 is 5.73 Å². The highest BCUT2D eigenvalue weighted by Gasteiger charge is 2.15. The molecule has 0 aliphatic heterocycles. The Morgan fingerprint density at radius 2 is 1.45 bits per heavy atom. The van der Waals surface area contributed by atoms with Crippen LogP contribution in [0.2, 0.25) is 0 Å². The Labute approximate surface area is 133 Å². The van der Waals surface area contributed by atoms with E-state index >= 15 is 0 Å². The first-order valence-corrected chi connectivity index (χ1v) is 8.47. The van der Waals surface area contributed by atoms with E-state index in [0.717, 1.165) is 24.3 Å². The molecule has 0 atom stereocenters. The predicted molar refractivity (Wildman–Crippen MR) is 86.2 cm³/mol. The van der Waals surface area contributed by atoms with Crippen molar-refractivity contribution in [2.24, 2.45) is 5.73 Å². The van der Waals surface area contributed by atoms with E-state index in [0.29, 0.717) is 6.61 Å². The van der Waals surface area contributed by atoms with Gasteiger partial charge in [0, 0.05) is 0 Å². The van der Waals surface area contributed by atoms with Gasteiger partial charge in [0.15, 0.2) is 0 Å². The molecule has 0 fully saturated rings. The highest BCUT2D eigenvalue weighted by Crippen LogP contribution is 2.10.